The summed E-state index contributed by atoms with van der Waals surface area (Å²) in [5, 5.41) is 9.49. The minimum atomic E-state index is -0.522. The maximum Gasteiger partial charge on any atom is 0.125 e. The number of benzene rings is 1. The van der Waals surface area contributed by atoms with Crippen molar-refractivity contribution < 1.29 is 14.6 Å². The zero-order valence-electron chi connectivity index (χ0n) is 18.8. The Morgan fingerprint density at radius 2 is 1.82 bits per heavy atom. The fraction of sp³-hybridized carbons (Fsp3) is 0.750. The molecule has 2 atom stereocenters. The Morgan fingerprint density at radius 1 is 1.11 bits per heavy atom. The predicted molar refractivity (Wildman–Crippen MR) is 118 cm³/mol. The number of rotatable bonds is 15. The summed E-state index contributed by atoms with van der Waals surface area (Å²) in [7, 11) is 1.68. The van der Waals surface area contributed by atoms with Crippen LogP contribution in [0, 0.1) is 11.8 Å². The normalized spacial score (nSPS) is 14.7. The summed E-state index contributed by atoms with van der Waals surface area (Å²) in [4.78, 5) is 0. The van der Waals surface area contributed by atoms with Crippen molar-refractivity contribution in [2.45, 2.75) is 84.6 Å². The molecule has 0 aliphatic rings. The van der Waals surface area contributed by atoms with E-state index in [2.05, 4.69) is 26.8 Å². The van der Waals surface area contributed by atoms with Crippen LogP contribution in [-0.2, 0) is 6.42 Å². The maximum atomic E-state index is 9.49. The summed E-state index contributed by atoms with van der Waals surface area (Å²) in [5.74, 6) is 3.25. The van der Waals surface area contributed by atoms with Crippen LogP contribution < -0.4 is 15.2 Å². The van der Waals surface area contributed by atoms with E-state index in [4.69, 9.17) is 15.2 Å². The van der Waals surface area contributed by atoms with Gasteiger partial charge in [0.25, 0.3) is 0 Å². The van der Waals surface area contributed by atoms with E-state index in [1.807, 2.05) is 19.1 Å². The first-order chi connectivity index (χ1) is 13.3. The van der Waals surface area contributed by atoms with Gasteiger partial charge in [-0.2, -0.15) is 0 Å². The molecule has 0 amide bonds. The summed E-state index contributed by atoms with van der Waals surface area (Å²) in [6.07, 6.45) is 8.52. The quantitative estimate of drug-likeness (QED) is 0.394. The first kappa shape index (κ1) is 24.8. The average molecular weight is 394 g/mol. The molecule has 4 nitrogen and oxygen atoms in total. The van der Waals surface area contributed by atoms with Crippen LogP contribution in [0.15, 0.2) is 18.2 Å². The van der Waals surface area contributed by atoms with E-state index < -0.39 is 5.54 Å². The number of aryl methyl sites for hydroxylation is 1. The van der Waals surface area contributed by atoms with Crippen LogP contribution in [0.5, 0.6) is 11.5 Å². The van der Waals surface area contributed by atoms with Crippen molar-refractivity contribution in [3.63, 3.8) is 0 Å². The van der Waals surface area contributed by atoms with Crippen LogP contribution >= 0.6 is 0 Å². The van der Waals surface area contributed by atoms with E-state index >= 15 is 0 Å². The summed E-state index contributed by atoms with van der Waals surface area (Å²) >= 11 is 0. The third-order valence-electron chi connectivity index (χ3n) is 5.76. The molecule has 162 valence electrons. The average Bonchev–Trinajstić information content (AvgIpc) is 2.69. The van der Waals surface area contributed by atoms with Crippen LogP contribution in [-0.4, -0.2) is 31.0 Å². The van der Waals surface area contributed by atoms with Crippen LogP contribution in [0.25, 0.3) is 0 Å². The zero-order valence-corrected chi connectivity index (χ0v) is 18.8. The number of nitrogens with two attached hydrogens (primary N) is 1. The molecule has 0 fully saturated rings. The van der Waals surface area contributed by atoms with Crippen molar-refractivity contribution in [2.75, 3.05) is 20.3 Å². The SMILES string of the molecule is CC[C@@](N)(CO)CCc1ccc(OCCCC(C)CCCC(C)C)cc1OC. The second kappa shape index (κ2) is 13.1. The van der Waals surface area contributed by atoms with Crippen molar-refractivity contribution in [1.29, 1.82) is 0 Å². The lowest BCUT2D eigenvalue weighted by molar-refractivity contribution is 0.182. The summed E-state index contributed by atoms with van der Waals surface area (Å²) in [5.41, 5.74) is 6.78. The van der Waals surface area contributed by atoms with Gasteiger partial charge in [0.1, 0.15) is 11.5 Å². The highest BCUT2D eigenvalue weighted by Crippen LogP contribution is 2.28. The molecular weight excluding hydrogens is 350 g/mol. The van der Waals surface area contributed by atoms with Gasteiger partial charge in [-0.1, -0.05) is 53.0 Å². The third kappa shape index (κ3) is 9.29. The van der Waals surface area contributed by atoms with Crippen molar-refractivity contribution in [2.24, 2.45) is 17.6 Å². The molecular formula is C24H43NO3. The molecule has 0 saturated heterocycles. The molecule has 1 rings (SSSR count). The van der Waals surface area contributed by atoms with E-state index in [9.17, 15) is 5.11 Å². The largest absolute Gasteiger partial charge is 0.496 e. The van der Waals surface area contributed by atoms with E-state index in [1.165, 1.54) is 25.7 Å². The molecule has 3 N–H and O–H groups in total. The number of ether oxygens (including phenoxy) is 2. The number of hydrogen-bond donors (Lipinski definition) is 2. The molecule has 1 unspecified atom stereocenters. The Bertz CT molecular complexity index is 541. The molecule has 0 saturated carbocycles. The highest BCUT2D eigenvalue weighted by atomic mass is 16.5. The number of aliphatic hydroxyl groups is 1. The standard InChI is InChI=1S/C24H43NO3/c1-6-24(25,18-26)15-14-21-12-13-22(17-23(21)27-5)28-16-8-11-20(4)10-7-9-19(2)3/h12-13,17,19-20,26H,6-11,14-16,18,25H2,1-5H3/t20?,24-/m0/s1. The van der Waals surface area contributed by atoms with Gasteiger partial charge < -0.3 is 20.3 Å². The molecule has 0 aliphatic heterocycles. The van der Waals surface area contributed by atoms with Crippen molar-refractivity contribution >= 4 is 0 Å². The molecule has 1 aromatic rings. The fourth-order valence-electron chi connectivity index (χ4n) is 3.41. The number of hydrogen-bond acceptors (Lipinski definition) is 4. The monoisotopic (exact) mass is 393 g/mol. The Balaban J connectivity index is 2.43. The lowest BCUT2D eigenvalue weighted by Gasteiger charge is -2.25. The maximum absolute atomic E-state index is 9.49. The van der Waals surface area contributed by atoms with Gasteiger partial charge in [-0.3, -0.25) is 0 Å². The molecule has 0 bridgehead atoms. The first-order valence-corrected chi connectivity index (χ1v) is 11.0. The molecule has 0 heterocycles. The van der Waals surface area contributed by atoms with Crippen molar-refractivity contribution in [3.05, 3.63) is 23.8 Å². The number of aliphatic hydroxyl groups excluding tert-OH is 1. The molecule has 0 aromatic heterocycles. The second-order valence-corrected chi connectivity index (χ2v) is 8.77. The van der Waals surface area contributed by atoms with Gasteiger partial charge in [-0.05, 0) is 55.6 Å². The molecule has 0 aliphatic carbocycles. The van der Waals surface area contributed by atoms with Gasteiger partial charge in [0.2, 0.25) is 0 Å². The summed E-state index contributed by atoms with van der Waals surface area (Å²) in [6.45, 7) is 9.68. The predicted octanol–water partition coefficient (Wildman–Crippen LogP) is 5.35. The smallest absolute Gasteiger partial charge is 0.125 e. The number of methoxy groups -OCH3 is 1. The molecule has 4 heteroatoms. The van der Waals surface area contributed by atoms with Gasteiger partial charge in [0, 0.05) is 11.6 Å². The van der Waals surface area contributed by atoms with Crippen LogP contribution in [0.4, 0.5) is 0 Å². The second-order valence-electron chi connectivity index (χ2n) is 8.77. The highest BCUT2D eigenvalue weighted by Gasteiger charge is 2.22. The molecule has 1 aromatic carbocycles. The van der Waals surface area contributed by atoms with Crippen LogP contribution in [0.3, 0.4) is 0 Å². The molecule has 28 heavy (non-hydrogen) atoms. The van der Waals surface area contributed by atoms with Gasteiger partial charge in [0.05, 0.1) is 20.3 Å². The van der Waals surface area contributed by atoms with Crippen LogP contribution in [0.2, 0.25) is 0 Å². The summed E-state index contributed by atoms with van der Waals surface area (Å²) in [6, 6.07) is 6.02. The Hall–Kier alpha value is -1.26. The van der Waals surface area contributed by atoms with Crippen molar-refractivity contribution in [1.82, 2.24) is 0 Å². The van der Waals surface area contributed by atoms with E-state index in [0.717, 1.165) is 61.2 Å². The Labute approximate surface area is 172 Å². The fourth-order valence-corrected chi connectivity index (χ4v) is 3.41. The zero-order chi connectivity index (χ0) is 21.0. The first-order valence-electron chi connectivity index (χ1n) is 11.0. The highest BCUT2D eigenvalue weighted by molar-refractivity contribution is 5.41. The van der Waals surface area contributed by atoms with Gasteiger partial charge in [0.15, 0.2) is 0 Å². The Morgan fingerprint density at radius 3 is 2.43 bits per heavy atom. The third-order valence-corrected chi connectivity index (χ3v) is 5.76. The topological polar surface area (TPSA) is 64.7 Å². The van der Waals surface area contributed by atoms with E-state index in [1.54, 1.807) is 7.11 Å². The molecule has 0 spiro atoms. The lowest BCUT2D eigenvalue weighted by Crippen LogP contribution is -2.43. The van der Waals surface area contributed by atoms with Gasteiger partial charge in [-0.25, -0.2) is 0 Å². The minimum Gasteiger partial charge on any atom is -0.496 e. The van der Waals surface area contributed by atoms with E-state index in [0.29, 0.717) is 0 Å². The molecule has 0 radical (unpaired) electrons. The minimum absolute atomic E-state index is 0.00288. The summed E-state index contributed by atoms with van der Waals surface area (Å²) < 4.78 is 11.5. The Kier molecular flexibility index (Phi) is 11.6. The van der Waals surface area contributed by atoms with Gasteiger partial charge in [-0.15, -0.1) is 0 Å². The lowest BCUT2D eigenvalue weighted by atomic mass is 9.90. The van der Waals surface area contributed by atoms with E-state index in [-0.39, 0.29) is 6.61 Å². The van der Waals surface area contributed by atoms with Crippen molar-refractivity contribution in [3.8, 4) is 11.5 Å². The van der Waals surface area contributed by atoms with Crippen LogP contribution in [0.1, 0.15) is 78.2 Å². The van der Waals surface area contributed by atoms with Gasteiger partial charge >= 0.3 is 0 Å².